The van der Waals surface area contributed by atoms with E-state index in [1.165, 1.54) is 0 Å². The van der Waals surface area contributed by atoms with E-state index in [0.717, 1.165) is 10.9 Å². The number of halogens is 1. The van der Waals surface area contributed by atoms with E-state index in [0.29, 0.717) is 33.1 Å². The van der Waals surface area contributed by atoms with E-state index in [2.05, 4.69) is 11.1 Å². The smallest absolute Gasteiger partial charge is 0.340 e. The number of carbonyl (C=O) groups is 1. The first-order valence-corrected chi connectivity index (χ1v) is 9.28. The number of rotatable bonds is 5. The number of fused-ring (bicyclic) bond motifs is 1. The molecule has 3 aromatic rings. The third kappa shape index (κ3) is 3.32. The predicted octanol–water partition coefficient (Wildman–Crippen LogP) is 5.20. The lowest BCUT2D eigenvalue weighted by atomic mass is 9.79. The van der Waals surface area contributed by atoms with Crippen molar-refractivity contribution in [2.24, 2.45) is 0 Å². The predicted molar refractivity (Wildman–Crippen MR) is 109 cm³/mol. The molecule has 0 aliphatic carbocycles. The molecule has 2 aromatic carbocycles. The van der Waals surface area contributed by atoms with Crippen LogP contribution in [0.1, 0.15) is 48.0 Å². The summed E-state index contributed by atoms with van der Waals surface area (Å²) < 4.78 is 10.7. The van der Waals surface area contributed by atoms with Crippen molar-refractivity contribution in [2.45, 2.75) is 26.2 Å². The molecular weight excluding hydrogens is 376 g/mol. The molecule has 0 saturated carbocycles. The molecule has 0 unspecified atom stereocenters. The summed E-state index contributed by atoms with van der Waals surface area (Å²) in [5, 5.41) is 10.4. The van der Waals surface area contributed by atoms with Crippen LogP contribution < -0.4 is 4.74 Å². The van der Waals surface area contributed by atoms with E-state index in [-0.39, 0.29) is 6.61 Å². The van der Waals surface area contributed by atoms with Gasteiger partial charge in [0.1, 0.15) is 5.75 Å². The van der Waals surface area contributed by atoms with Crippen molar-refractivity contribution in [2.75, 3.05) is 13.7 Å². The van der Waals surface area contributed by atoms with Crippen molar-refractivity contribution in [1.82, 2.24) is 4.98 Å². The Balaban J connectivity index is 2.26. The number of hydrogen-bond acceptors (Lipinski definition) is 4. The van der Waals surface area contributed by atoms with Gasteiger partial charge in [-0.1, -0.05) is 37.6 Å². The molecule has 0 aliphatic rings. The molecule has 1 heterocycles. The molecule has 144 valence electrons. The Labute approximate surface area is 168 Å². The summed E-state index contributed by atoms with van der Waals surface area (Å²) in [7, 11) is 1.56. The fraction of sp³-hybridized carbons (Fsp3) is 0.273. The molecule has 0 bridgehead atoms. The highest BCUT2D eigenvalue weighted by atomic mass is 35.5. The number of nitriles is 1. The lowest BCUT2D eigenvalue weighted by Crippen LogP contribution is -2.23. The number of benzene rings is 2. The highest BCUT2D eigenvalue weighted by molar-refractivity contribution is 6.32. The summed E-state index contributed by atoms with van der Waals surface area (Å²) in [5.74, 6) is 0.162. The Bertz CT molecular complexity index is 1090. The topological polar surface area (TPSA) is 75.1 Å². The van der Waals surface area contributed by atoms with Crippen LogP contribution in [0.3, 0.4) is 0 Å². The third-order valence-electron chi connectivity index (χ3n) is 4.91. The van der Waals surface area contributed by atoms with Gasteiger partial charge in [0, 0.05) is 22.0 Å². The van der Waals surface area contributed by atoms with Crippen LogP contribution in [0.5, 0.6) is 5.75 Å². The van der Waals surface area contributed by atoms with Crippen LogP contribution in [0.4, 0.5) is 0 Å². The van der Waals surface area contributed by atoms with Crippen LogP contribution in [0, 0.1) is 11.3 Å². The number of carbonyl (C=O) groups excluding carboxylic acids is 1. The first kappa shape index (κ1) is 19.8. The Morgan fingerprint density at radius 1 is 1.25 bits per heavy atom. The zero-order valence-corrected chi connectivity index (χ0v) is 17.0. The maximum Gasteiger partial charge on any atom is 0.340 e. The number of nitrogens with zero attached hydrogens (tertiary/aromatic N) is 1. The Morgan fingerprint density at radius 2 is 2.00 bits per heavy atom. The van der Waals surface area contributed by atoms with E-state index in [1.807, 2.05) is 26.0 Å². The first-order valence-electron chi connectivity index (χ1n) is 8.91. The van der Waals surface area contributed by atoms with Crippen LogP contribution in [-0.4, -0.2) is 24.7 Å². The molecule has 0 atom stereocenters. The van der Waals surface area contributed by atoms with Crippen molar-refractivity contribution in [3.05, 3.63) is 63.8 Å². The van der Waals surface area contributed by atoms with E-state index in [9.17, 15) is 10.1 Å². The fourth-order valence-electron chi connectivity index (χ4n) is 3.34. The molecule has 0 radical (unpaired) electrons. The van der Waals surface area contributed by atoms with Gasteiger partial charge in [-0.2, -0.15) is 5.26 Å². The van der Waals surface area contributed by atoms with Gasteiger partial charge in [0.15, 0.2) is 0 Å². The Kier molecular flexibility index (Phi) is 5.35. The largest absolute Gasteiger partial charge is 0.495 e. The molecule has 1 aromatic heterocycles. The van der Waals surface area contributed by atoms with Gasteiger partial charge < -0.3 is 14.5 Å². The minimum absolute atomic E-state index is 0.274. The second-order valence-corrected chi connectivity index (χ2v) is 7.35. The van der Waals surface area contributed by atoms with E-state index >= 15 is 0 Å². The molecular formula is C22H21ClN2O3. The van der Waals surface area contributed by atoms with Gasteiger partial charge in [-0.25, -0.2) is 4.79 Å². The molecule has 6 heteroatoms. The van der Waals surface area contributed by atoms with Gasteiger partial charge in [-0.3, -0.25) is 0 Å². The number of ether oxygens (including phenoxy) is 2. The van der Waals surface area contributed by atoms with Crippen LogP contribution in [-0.2, 0) is 10.2 Å². The van der Waals surface area contributed by atoms with Crippen LogP contribution in [0.15, 0.2) is 36.4 Å². The number of H-pyrrole nitrogens is 1. The zero-order valence-electron chi connectivity index (χ0n) is 16.2. The molecule has 28 heavy (non-hydrogen) atoms. The van der Waals surface area contributed by atoms with Gasteiger partial charge in [0.05, 0.1) is 35.9 Å². The zero-order chi connectivity index (χ0) is 20.5. The second-order valence-electron chi connectivity index (χ2n) is 6.94. The number of methoxy groups -OCH3 is 1. The number of aromatic amines is 1. The standard InChI is InChI=1S/C22H21ClN2O3/c1-5-28-21(26)19-15-8-6-13(12-24)10-17(15)25-20(19)22(2,3)14-7-9-16(23)18(11-14)27-4/h6-11,25H,5H2,1-4H3. The van der Waals surface area contributed by atoms with Gasteiger partial charge in [-0.05, 0) is 36.8 Å². The van der Waals surface area contributed by atoms with Crippen LogP contribution >= 0.6 is 11.6 Å². The number of hydrogen-bond donors (Lipinski definition) is 1. The fourth-order valence-corrected chi connectivity index (χ4v) is 3.54. The summed E-state index contributed by atoms with van der Waals surface area (Å²) in [6.45, 7) is 6.06. The minimum atomic E-state index is -0.578. The van der Waals surface area contributed by atoms with Crippen LogP contribution in [0.25, 0.3) is 10.9 Å². The molecule has 0 fully saturated rings. The third-order valence-corrected chi connectivity index (χ3v) is 5.22. The Morgan fingerprint density at radius 3 is 2.64 bits per heavy atom. The maximum atomic E-state index is 12.8. The SMILES string of the molecule is CCOC(=O)c1c(C(C)(C)c2ccc(Cl)c(OC)c2)[nH]c2cc(C#N)ccc12. The molecule has 5 nitrogen and oxygen atoms in total. The number of aromatic nitrogens is 1. The molecule has 0 saturated heterocycles. The number of nitrogens with one attached hydrogen (secondary N) is 1. The van der Waals surface area contributed by atoms with Crippen molar-refractivity contribution >= 4 is 28.5 Å². The van der Waals surface area contributed by atoms with Crippen molar-refractivity contribution < 1.29 is 14.3 Å². The summed E-state index contributed by atoms with van der Waals surface area (Å²) >= 11 is 6.18. The summed E-state index contributed by atoms with van der Waals surface area (Å²) in [6.07, 6.45) is 0. The normalized spacial score (nSPS) is 11.3. The lowest BCUT2D eigenvalue weighted by molar-refractivity contribution is 0.0526. The molecule has 0 spiro atoms. The summed E-state index contributed by atoms with van der Waals surface area (Å²) in [5.41, 5.74) is 2.76. The van der Waals surface area contributed by atoms with Crippen molar-refractivity contribution in [3.8, 4) is 11.8 Å². The van der Waals surface area contributed by atoms with Gasteiger partial charge in [-0.15, -0.1) is 0 Å². The highest BCUT2D eigenvalue weighted by Gasteiger charge is 2.33. The van der Waals surface area contributed by atoms with Crippen LogP contribution in [0.2, 0.25) is 5.02 Å². The number of esters is 1. The van der Waals surface area contributed by atoms with Crippen molar-refractivity contribution in [3.63, 3.8) is 0 Å². The average Bonchev–Trinajstić information content (AvgIpc) is 3.07. The van der Waals surface area contributed by atoms with Gasteiger partial charge in [0.25, 0.3) is 0 Å². The van der Waals surface area contributed by atoms with E-state index in [4.69, 9.17) is 21.1 Å². The van der Waals surface area contributed by atoms with Crippen molar-refractivity contribution in [1.29, 1.82) is 5.26 Å². The average molecular weight is 397 g/mol. The Hall–Kier alpha value is -2.97. The molecule has 0 aliphatic heterocycles. The second kappa shape index (κ2) is 7.57. The van der Waals surface area contributed by atoms with E-state index < -0.39 is 11.4 Å². The van der Waals surface area contributed by atoms with Gasteiger partial charge in [0.2, 0.25) is 0 Å². The summed E-state index contributed by atoms with van der Waals surface area (Å²) in [6, 6.07) is 12.9. The lowest BCUT2D eigenvalue weighted by Gasteiger charge is -2.26. The minimum Gasteiger partial charge on any atom is -0.495 e. The van der Waals surface area contributed by atoms with E-state index in [1.54, 1.807) is 38.3 Å². The quantitative estimate of drug-likeness (QED) is 0.601. The highest BCUT2D eigenvalue weighted by Crippen LogP contribution is 2.39. The first-order chi connectivity index (χ1) is 13.3. The van der Waals surface area contributed by atoms with Gasteiger partial charge >= 0.3 is 5.97 Å². The molecule has 3 rings (SSSR count). The maximum absolute atomic E-state index is 12.8. The summed E-state index contributed by atoms with van der Waals surface area (Å²) in [4.78, 5) is 16.1. The molecule has 0 amide bonds. The monoisotopic (exact) mass is 396 g/mol. The molecule has 1 N–H and O–H groups in total.